The molecule has 42 heavy (non-hydrogen) atoms. The fourth-order valence-corrected chi connectivity index (χ4v) is 17.0. The van der Waals surface area contributed by atoms with Crippen LogP contribution in [0.5, 0.6) is 0 Å². The SMILES string of the molecule is CCCCCCC[CH2][Sn]1([O]C(=O)/C=C/C(=O)[O][Sn]2([CH2]CCCCCCC)[O]C(=O)C=CC(=O)[O]2)[O]C(=O)C=CC(=O)[O]1. The van der Waals surface area contributed by atoms with Crippen LogP contribution < -0.4 is 0 Å². The molecule has 0 saturated heterocycles. The molecule has 0 aliphatic carbocycles. The van der Waals surface area contributed by atoms with Crippen molar-refractivity contribution in [2.75, 3.05) is 0 Å². The molecule has 14 heteroatoms. The zero-order chi connectivity index (χ0) is 30.8. The van der Waals surface area contributed by atoms with E-state index in [0.717, 1.165) is 101 Å². The van der Waals surface area contributed by atoms with E-state index in [-0.39, 0.29) is 8.87 Å². The summed E-state index contributed by atoms with van der Waals surface area (Å²) >= 11 is -10.1. The van der Waals surface area contributed by atoms with Crippen molar-refractivity contribution < 1.29 is 47.2 Å². The first-order valence-electron chi connectivity index (χ1n) is 14.5. The van der Waals surface area contributed by atoms with Crippen LogP contribution >= 0.6 is 0 Å². The van der Waals surface area contributed by atoms with Crippen molar-refractivity contribution in [3.8, 4) is 0 Å². The Bertz CT molecular complexity index is 943. The number of unbranched alkanes of at least 4 members (excludes halogenated alkanes) is 10. The Balaban J connectivity index is 2.07. The zero-order valence-corrected chi connectivity index (χ0v) is 30.0. The average molecular weight is 806 g/mol. The van der Waals surface area contributed by atoms with E-state index < -0.39 is 75.1 Å². The van der Waals surface area contributed by atoms with Crippen LogP contribution in [0.15, 0.2) is 36.5 Å². The summed E-state index contributed by atoms with van der Waals surface area (Å²) in [6.07, 6.45) is 15.9. The topological polar surface area (TPSA) is 158 Å². The summed E-state index contributed by atoms with van der Waals surface area (Å²) in [6, 6.07) is 0. The van der Waals surface area contributed by atoms with Crippen LogP contribution in [0.1, 0.15) is 90.9 Å². The quantitative estimate of drug-likeness (QED) is 0.108. The Morgan fingerprint density at radius 2 is 0.833 bits per heavy atom. The Labute approximate surface area is 257 Å². The third kappa shape index (κ3) is 13.7. The van der Waals surface area contributed by atoms with Gasteiger partial charge in [-0.2, -0.15) is 0 Å². The van der Waals surface area contributed by atoms with E-state index in [4.69, 9.17) is 18.4 Å². The molecule has 0 atom stereocenters. The molecule has 0 bridgehead atoms. The van der Waals surface area contributed by atoms with Gasteiger partial charge in [-0.25, -0.2) is 0 Å². The second-order valence-corrected chi connectivity index (χ2v) is 24.1. The Hall–Kier alpha value is -2.36. The first-order chi connectivity index (χ1) is 20.1. The van der Waals surface area contributed by atoms with Crippen LogP contribution in [0.2, 0.25) is 8.87 Å². The molecule has 2 aliphatic rings. The molecule has 0 fully saturated rings. The van der Waals surface area contributed by atoms with E-state index in [1.165, 1.54) is 0 Å². The second-order valence-electron chi connectivity index (χ2n) is 9.93. The first-order valence-corrected chi connectivity index (χ1v) is 25.6. The van der Waals surface area contributed by atoms with Gasteiger partial charge in [0.05, 0.1) is 0 Å². The van der Waals surface area contributed by atoms with E-state index in [0.29, 0.717) is 12.8 Å². The monoisotopic (exact) mass is 808 g/mol. The predicted octanol–water partition coefficient (Wildman–Crippen LogP) is 4.54. The Morgan fingerprint density at radius 1 is 0.548 bits per heavy atom. The van der Waals surface area contributed by atoms with Gasteiger partial charge >= 0.3 is 258 Å². The number of carbonyl (C=O) groups excluding carboxylic acids is 6. The molecule has 232 valence electrons. The van der Waals surface area contributed by atoms with Gasteiger partial charge < -0.3 is 0 Å². The van der Waals surface area contributed by atoms with Crippen molar-refractivity contribution in [1.82, 2.24) is 0 Å². The van der Waals surface area contributed by atoms with Crippen LogP contribution in [-0.2, 0) is 47.2 Å². The number of hydrogen-bond donors (Lipinski definition) is 0. The van der Waals surface area contributed by atoms with Gasteiger partial charge in [0.2, 0.25) is 0 Å². The summed E-state index contributed by atoms with van der Waals surface area (Å²) in [5, 5.41) is 0. The summed E-state index contributed by atoms with van der Waals surface area (Å²) in [5.74, 6) is -5.56. The van der Waals surface area contributed by atoms with Gasteiger partial charge in [0, 0.05) is 0 Å². The van der Waals surface area contributed by atoms with Gasteiger partial charge in [-0.15, -0.1) is 0 Å². The average Bonchev–Trinajstić information content (AvgIpc) is 3.16. The van der Waals surface area contributed by atoms with Crippen molar-refractivity contribution in [2.24, 2.45) is 0 Å². The van der Waals surface area contributed by atoms with Crippen LogP contribution in [0.4, 0.5) is 0 Å². The summed E-state index contributed by atoms with van der Waals surface area (Å²) in [7, 11) is 0. The van der Waals surface area contributed by atoms with Crippen molar-refractivity contribution >= 4 is 75.1 Å². The van der Waals surface area contributed by atoms with E-state index in [2.05, 4.69) is 13.8 Å². The van der Waals surface area contributed by atoms with E-state index in [1.807, 2.05) is 0 Å². The summed E-state index contributed by atoms with van der Waals surface area (Å²) in [6.45, 7) is 4.19. The molecule has 0 aromatic carbocycles. The maximum atomic E-state index is 12.7. The molecule has 0 amide bonds. The molecule has 0 unspecified atom stereocenters. The zero-order valence-electron chi connectivity index (χ0n) is 24.3. The first kappa shape index (κ1) is 35.8. The molecule has 0 spiro atoms. The van der Waals surface area contributed by atoms with Crippen LogP contribution in [0.3, 0.4) is 0 Å². The molecule has 0 N–H and O–H groups in total. The number of hydrogen-bond acceptors (Lipinski definition) is 12. The second kappa shape index (κ2) is 19.0. The van der Waals surface area contributed by atoms with Crippen LogP contribution in [-0.4, -0.2) is 75.1 Å². The van der Waals surface area contributed by atoms with E-state index in [1.54, 1.807) is 0 Å². The van der Waals surface area contributed by atoms with Crippen molar-refractivity contribution in [3.05, 3.63) is 36.5 Å². The number of carbonyl (C=O) groups is 6. The third-order valence-electron chi connectivity index (χ3n) is 6.28. The molecule has 0 aromatic rings. The molecule has 2 aliphatic heterocycles. The van der Waals surface area contributed by atoms with Gasteiger partial charge in [-0.3, -0.25) is 0 Å². The van der Waals surface area contributed by atoms with E-state index >= 15 is 0 Å². The Morgan fingerprint density at radius 3 is 1.14 bits per heavy atom. The van der Waals surface area contributed by atoms with Crippen molar-refractivity contribution in [2.45, 2.75) is 99.8 Å². The van der Waals surface area contributed by atoms with Gasteiger partial charge in [0.1, 0.15) is 0 Å². The number of rotatable bonds is 18. The predicted molar refractivity (Wildman–Crippen MR) is 152 cm³/mol. The van der Waals surface area contributed by atoms with Crippen LogP contribution in [0.25, 0.3) is 0 Å². The third-order valence-corrected chi connectivity index (χ3v) is 20.6. The fraction of sp³-hybridized carbons (Fsp3) is 0.571. The molecule has 12 nitrogen and oxygen atoms in total. The summed E-state index contributed by atoms with van der Waals surface area (Å²) < 4.78 is 32.5. The maximum absolute atomic E-state index is 12.7. The van der Waals surface area contributed by atoms with Gasteiger partial charge in [-0.05, 0) is 0 Å². The van der Waals surface area contributed by atoms with E-state index in [9.17, 15) is 28.8 Å². The van der Waals surface area contributed by atoms with Crippen molar-refractivity contribution in [3.63, 3.8) is 0 Å². The van der Waals surface area contributed by atoms with Gasteiger partial charge in [-0.1, -0.05) is 0 Å². The molecule has 2 rings (SSSR count). The molecular formula is C28H40O12Sn2. The summed E-state index contributed by atoms with van der Waals surface area (Å²) in [4.78, 5) is 73.9. The molecule has 0 radical (unpaired) electrons. The molecular weight excluding hydrogens is 766 g/mol. The summed E-state index contributed by atoms with van der Waals surface area (Å²) in [5.41, 5.74) is 0. The standard InChI is InChI=1S/2C8H17.3C4H4O4.2Sn/c2*1-3-5-7-8-6-4-2;3*5-3(6)1-2-4(7)8;;/h2*1,3-8H2,2H3;3*1-2H,(H,5,6)(H,7,8);;/q;;;;;2*+3/p-6/b;;2-1+;;;;. The minimum atomic E-state index is -5.05. The molecule has 2 heterocycles. The molecule has 0 aromatic heterocycles. The van der Waals surface area contributed by atoms with Gasteiger partial charge in [0.15, 0.2) is 0 Å². The normalized spacial score (nSPS) is 17.5. The van der Waals surface area contributed by atoms with Crippen LogP contribution in [0, 0.1) is 0 Å². The van der Waals surface area contributed by atoms with Gasteiger partial charge in [0.25, 0.3) is 0 Å². The minimum absolute atomic E-state index is 0.0979. The molecule has 0 saturated carbocycles. The Kier molecular flexibility index (Phi) is 16.2. The van der Waals surface area contributed by atoms with Crippen molar-refractivity contribution in [1.29, 1.82) is 0 Å². The fourth-order valence-electron chi connectivity index (χ4n) is 4.21.